The molecule has 0 bridgehead atoms. The lowest BCUT2D eigenvalue weighted by atomic mass is 9.88. The van der Waals surface area contributed by atoms with E-state index in [2.05, 4.69) is 4.99 Å². The van der Waals surface area contributed by atoms with Crippen LogP contribution < -0.4 is 16.6 Å². The average Bonchev–Trinajstić information content (AvgIpc) is 2.69. The number of primary sulfonamides is 1. The second-order valence-corrected chi connectivity index (χ2v) is 9.52. The van der Waals surface area contributed by atoms with E-state index < -0.39 is 10.0 Å². The van der Waals surface area contributed by atoms with Gasteiger partial charge in [0.15, 0.2) is 5.96 Å². The highest BCUT2D eigenvalue weighted by molar-refractivity contribution is 7.89. The predicted octanol–water partition coefficient (Wildman–Crippen LogP) is 2.61. The van der Waals surface area contributed by atoms with Crippen molar-refractivity contribution in [2.45, 2.75) is 52.0 Å². The van der Waals surface area contributed by atoms with Gasteiger partial charge in [0.25, 0.3) is 0 Å². The summed E-state index contributed by atoms with van der Waals surface area (Å²) in [5.74, 6) is 0.0555. The summed E-state index contributed by atoms with van der Waals surface area (Å²) < 4.78 is 30.9. The maximum atomic E-state index is 12.5. The Morgan fingerprint density at radius 2 is 1.61 bits per heavy atom. The van der Waals surface area contributed by atoms with Crippen molar-refractivity contribution in [3.05, 3.63) is 63.7 Å². The van der Waals surface area contributed by atoms with Crippen molar-refractivity contribution < 1.29 is 13.2 Å². The highest BCUT2D eigenvalue weighted by atomic mass is 32.2. The van der Waals surface area contributed by atoms with Crippen LogP contribution in [0.3, 0.4) is 0 Å². The van der Waals surface area contributed by atoms with Crippen LogP contribution in [0.5, 0.6) is 0 Å². The van der Waals surface area contributed by atoms with E-state index in [-0.39, 0.29) is 16.8 Å². The molecule has 2 aromatic carbocycles. The first-order valence-electron chi connectivity index (χ1n) is 10.3. The summed E-state index contributed by atoms with van der Waals surface area (Å²) in [6.45, 7) is 9.06. The summed E-state index contributed by atoms with van der Waals surface area (Å²) in [6, 6.07) is 9.90. The molecule has 0 aliphatic rings. The standard InChI is InChI=1S/C23H34N4O3S/c1-15-16(2)18(4)22(31(26,28)29)21(17(15)3)12-20(10-11-27-23(24)25)14-30-13-19-8-6-5-7-9-19/h5-9,20H,10-14H2,1-4H3,(H4,24,25,27)(H2,26,28,29)/t20-/m1/s1. The van der Waals surface area contributed by atoms with Gasteiger partial charge in [0.1, 0.15) is 0 Å². The third-order valence-electron chi connectivity index (χ3n) is 5.83. The van der Waals surface area contributed by atoms with Crippen molar-refractivity contribution in [2.75, 3.05) is 13.2 Å². The minimum absolute atomic E-state index is 0.0209. The van der Waals surface area contributed by atoms with Crippen molar-refractivity contribution in [3.63, 3.8) is 0 Å². The molecule has 170 valence electrons. The summed E-state index contributed by atoms with van der Waals surface area (Å²) in [5.41, 5.74) is 16.4. The lowest BCUT2D eigenvalue weighted by Gasteiger charge is -2.23. The van der Waals surface area contributed by atoms with E-state index in [1.54, 1.807) is 0 Å². The first-order chi connectivity index (χ1) is 14.5. The molecule has 7 nitrogen and oxygen atoms in total. The van der Waals surface area contributed by atoms with Crippen LogP contribution in [0.25, 0.3) is 0 Å². The van der Waals surface area contributed by atoms with Gasteiger partial charge >= 0.3 is 0 Å². The number of benzene rings is 2. The second-order valence-electron chi connectivity index (χ2n) is 8.02. The summed E-state index contributed by atoms with van der Waals surface area (Å²) >= 11 is 0. The summed E-state index contributed by atoms with van der Waals surface area (Å²) in [7, 11) is -3.88. The van der Waals surface area contributed by atoms with E-state index in [9.17, 15) is 8.42 Å². The Kier molecular flexibility index (Phi) is 8.61. The van der Waals surface area contributed by atoms with Gasteiger partial charge in [-0.1, -0.05) is 30.3 Å². The van der Waals surface area contributed by atoms with E-state index >= 15 is 0 Å². The van der Waals surface area contributed by atoms with Gasteiger partial charge in [-0.2, -0.15) is 0 Å². The maximum absolute atomic E-state index is 12.5. The molecule has 0 radical (unpaired) electrons. The lowest BCUT2D eigenvalue weighted by Crippen LogP contribution is -2.24. The Morgan fingerprint density at radius 3 is 2.19 bits per heavy atom. The maximum Gasteiger partial charge on any atom is 0.238 e. The van der Waals surface area contributed by atoms with Gasteiger partial charge < -0.3 is 16.2 Å². The van der Waals surface area contributed by atoms with Crippen LogP contribution in [-0.4, -0.2) is 27.5 Å². The van der Waals surface area contributed by atoms with Crippen molar-refractivity contribution in [1.29, 1.82) is 0 Å². The number of guanidine groups is 1. The Hall–Kier alpha value is -2.42. The molecule has 0 saturated heterocycles. The summed E-state index contributed by atoms with van der Waals surface area (Å²) in [5, 5.41) is 5.62. The fourth-order valence-corrected chi connectivity index (χ4v) is 4.97. The SMILES string of the molecule is Cc1c(C)c(C)c(S(N)(=O)=O)c(C[C@@H](CCN=C(N)N)COCc2ccccc2)c1C. The molecule has 8 heteroatoms. The topological polar surface area (TPSA) is 134 Å². The zero-order chi connectivity index (χ0) is 23.2. The molecule has 0 saturated carbocycles. The zero-order valence-corrected chi connectivity index (χ0v) is 19.6. The van der Waals surface area contributed by atoms with E-state index in [4.69, 9.17) is 21.3 Å². The van der Waals surface area contributed by atoms with Crippen LogP contribution in [0, 0.1) is 33.6 Å². The number of hydrogen-bond acceptors (Lipinski definition) is 4. The van der Waals surface area contributed by atoms with E-state index in [0.29, 0.717) is 38.2 Å². The van der Waals surface area contributed by atoms with Crippen LogP contribution in [0.4, 0.5) is 0 Å². The molecule has 0 aromatic heterocycles. The molecule has 0 spiro atoms. The molecule has 2 rings (SSSR count). The molecular weight excluding hydrogens is 412 g/mol. The Balaban J connectivity index is 2.33. The van der Waals surface area contributed by atoms with Crippen molar-refractivity contribution >= 4 is 16.0 Å². The average molecular weight is 447 g/mol. The van der Waals surface area contributed by atoms with Crippen molar-refractivity contribution in [2.24, 2.45) is 27.5 Å². The molecule has 0 fully saturated rings. The quantitative estimate of drug-likeness (QED) is 0.381. The summed E-state index contributed by atoms with van der Waals surface area (Å²) in [6.07, 6.45) is 1.16. The van der Waals surface area contributed by atoms with Gasteiger partial charge in [0.05, 0.1) is 18.1 Å². The molecule has 6 N–H and O–H groups in total. The lowest BCUT2D eigenvalue weighted by molar-refractivity contribution is 0.0845. The molecule has 0 unspecified atom stereocenters. The van der Waals surface area contributed by atoms with Crippen LogP contribution in [-0.2, 0) is 27.8 Å². The largest absolute Gasteiger partial charge is 0.376 e. The number of ether oxygens (including phenoxy) is 1. The predicted molar refractivity (Wildman–Crippen MR) is 125 cm³/mol. The fourth-order valence-electron chi connectivity index (χ4n) is 3.81. The molecule has 0 amide bonds. The monoisotopic (exact) mass is 446 g/mol. The molecular formula is C23H34N4O3S. The van der Waals surface area contributed by atoms with Crippen LogP contribution in [0.1, 0.15) is 39.8 Å². The van der Waals surface area contributed by atoms with Gasteiger partial charge in [-0.15, -0.1) is 0 Å². The zero-order valence-electron chi connectivity index (χ0n) is 18.8. The van der Waals surface area contributed by atoms with Gasteiger partial charge in [0.2, 0.25) is 10.0 Å². The van der Waals surface area contributed by atoms with Gasteiger partial charge in [-0.05, 0) is 79.8 Å². The van der Waals surface area contributed by atoms with Crippen LogP contribution >= 0.6 is 0 Å². The van der Waals surface area contributed by atoms with E-state index in [1.807, 2.05) is 58.0 Å². The Morgan fingerprint density at radius 1 is 1.00 bits per heavy atom. The van der Waals surface area contributed by atoms with Crippen molar-refractivity contribution in [3.8, 4) is 0 Å². The second kappa shape index (κ2) is 10.7. The number of nitrogens with two attached hydrogens (primary N) is 3. The van der Waals surface area contributed by atoms with E-state index in [0.717, 1.165) is 27.8 Å². The number of hydrogen-bond donors (Lipinski definition) is 3. The van der Waals surface area contributed by atoms with Gasteiger partial charge in [0, 0.05) is 6.54 Å². The first-order valence-corrected chi connectivity index (χ1v) is 11.9. The number of rotatable bonds is 10. The summed E-state index contributed by atoms with van der Waals surface area (Å²) in [4.78, 5) is 4.31. The normalized spacial score (nSPS) is 12.5. The highest BCUT2D eigenvalue weighted by Crippen LogP contribution is 2.32. The van der Waals surface area contributed by atoms with Crippen molar-refractivity contribution in [1.82, 2.24) is 0 Å². The van der Waals surface area contributed by atoms with E-state index in [1.165, 1.54) is 0 Å². The molecule has 0 aliphatic carbocycles. The highest BCUT2D eigenvalue weighted by Gasteiger charge is 2.25. The molecule has 0 aliphatic heterocycles. The van der Waals surface area contributed by atoms with Gasteiger partial charge in [-0.3, -0.25) is 4.99 Å². The Labute approximate surface area is 185 Å². The third-order valence-corrected chi connectivity index (χ3v) is 6.95. The number of nitrogens with zero attached hydrogens (tertiary/aromatic N) is 1. The number of aliphatic imine (C=N–C) groups is 1. The smallest absolute Gasteiger partial charge is 0.238 e. The van der Waals surface area contributed by atoms with Gasteiger partial charge in [-0.25, -0.2) is 13.6 Å². The number of sulfonamides is 1. The minimum Gasteiger partial charge on any atom is -0.376 e. The molecule has 0 heterocycles. The molecule has 1 atom stereocenters. The van der Waals surface area contributed by atoms with Crippen LogP contribution in [0.15, 0.2) is 40.2 Å². The molecule has 2 aromatic rings. The third kappa shape index (κ3) is 6.78. The first kappa shape index (κ1) is 24.8. The minimum atomic E-state index is -3.88. The fraction of sp³-hybridized carbons (Fsp3) is 0.435. The Bertz CT molecular complexity index is 1030. The molecule has 31 heavy (non-hydrogen) atoms. The van der Waals surface area contributed by atoms with Crippen LogP contribution in [0.2, 0.25) is 0 Å².